The molecule has 94 valence electrons. The zero-order valence-corrected chi connectivity index (χ0v) is 10.3. The van der Waals surface area contributed by atoms with E-state index < -0.39 is 18.5 Å². The summed E-state index contributed by atoms with van der Waals surface area (Å²) in [4.78, 5) is 0. The van der Waals surface area contributed by atoms with Crippen molar-refractivity contribution in [3.63, 3.8) is 0 Å². The van der Waals surface area contributed by atoms with E-state index in [0.29, 0.717) is 6.61 Å². The van der Waals surface area contributed by atoms with Crippen molar-refractivity contribution >= 4 is 6.92 Å². The normalized spacial score (nSPS) is 39.8. The van der Waals surface area contributed by atoms with Crippen LogP contribution in [-0.4, -0.2) is 55.4 Å². The molecule has 2 unspecified atom stereocenters. The summed E-state index contributed by atoms with van der Waals surface area (Å²) in [5, 5.41) is 19.5. The lowest BCUT2D eigenvalue weighted by Crippen LogP contribution is -2.55. The molecule has 0 aromatic carbocycles. The summed E-state index contributed by atoms with van der Waals surface area (Å²) in [7, 11) is 1.44. The smallest absolute Gasteiger partial charge is 0.286 e. The second kappa shape index (κ2) is 5.98. The molecule has 0 bridgehead atoms. The van der Waals surface area contributed by atoms with Gasteiger partial charge in [-0.1, -0.05) is 20.6 Å². The van der Waals surface area contributed by atoms with Crippen LogP contribution >= 0.6 is 0 Å². The first kappa shape index (κ1) is 13.9. The first-order valence-corrected chi connectivity index (χ1v) is 5.63. The van der Waals surface area contributed by atoms with E-state index in [-0.39, 0.29) is 18.9 Å². The zero-order chi connectivity index (χ0) is 12.3. The quantitative estimate of drug-likeness (QED) is 0.667. The third-order valence-electron chi connectivity index (χ3n) is 2.89. The van der Waals surface area contributed by atoms with Crippen LogP contribution in [0.3, 0.4) is 0 Å². The fourth-order valence-electron chi connectivity index (χ4n) is 1.74. The maximum absolute atomic E-state index is 9.82. The molecule has 16 heavy (non-hydrogen) atoms. The number of methoxy groups -OCH3 is 1. The van der Waals surface area contributed by atoms with Crippen molar-refractivity contribution in [3.8, 4) is 0 Å². The van der Waals surface area contributed by atoms with Crippen molar-refractivity contribution < 1.29 is 24.3 Å². The Kier molecular flexibility index (Phi) is 5.20. The van der Waals surface area contributed by atoms with Crippen molar-refractivity contribution in [2.24, 2.45) is 5.92 Å². The first-order valence-electron chi connectivity index (χ1n) is 5.63. The number of ether oxygens (including phenoxy) is 2. The summed E-state index contributed by atoms with van der Waals surface area (Å²) >= 11 is 0. The number of aliphatic hydroxyl groups is 2. The molecule has 0 aromatic heterocycles. The summed E-state index contributed by atoms with van der Waals surface area (Å²) in [6, 6.07) is 0. The monoisotopic (exact) mass is 232 g/mol. The van der Waals surface area contributed by atoms with Gasteiger partial charge in [-0.2, -0.15) is 0 Å². The molecule has 0 aromatic rings. The van der Waals surface area contributed by atoms with Crippen molar-refractivity contribution in [3.05, 3.63) is 0 Å². The van der Waals surface area contributed by atoms with Crippen molar-refractivity contribution in [1.29, 1.82) is 0 Å². The van der Waals surface area contributed by atoms with Crippen LogP contribution in [0.4, 0.5) is 0 Å². The van der Waals surface area contributed by atoms with Crippen molar-refractivity contribution in [2.45, 2.75) is 45.2 Å². The topological polar surface area (TPSA) is 68.2 Å². The third kappa shape index (κ3) is 3.18. The van der Waals surface area contributed by atoms with E-state index in [2.05, 4.69) is 0 Å². The third-order valence-corrected chi connectivity index (χ3v) is 2.89. The zero-order valence-electron chi connectivity index (χ0n) is 10.3. The van der Waals surface area contributed by atoms with Gasteiger partial charge in [0.25, 0.3) is 6.92 Å². The molecule has 0 spiro atoms. The Labute approximate surface area is 96.8 Å². The van der Waals surface area contributed by atoms with Crippen molar-refractivity contribution in [2.75, 3.05) is 13.7 Å². The van der Waals surface area contributed by atoms with Gasteiger partial charge in [-0.3, -0.25) is 0 Å². The van der Waals surface area contributed by atoms with Crippen LogP contribution in [0.5, 0.6) is 0 Å². The van der Waals surface area contributed by atoms with Gasteiger partial charge < -0.3 is 24.3 Å². The van der Waals surface area contributed by atoms with Gasteiger partial charge in [0.15, 0.2) is 6.29 Å². The molecule has 1 fully saturated rings. The van der Waals surface area contributed by atoms with Crippen LogP contribution in [-0.2, 0) is 14.1 Å². The average molecular weight is 232 g/mol. The van der Waals surface area contributed by atoms with Crippen LogP contribution < -0.4 is 0 Å². The summed E-state index contributed by atoms with van der Waals surface area (Å²) in [5.74, 6) is -0.180. The molecule has 1 aliphatic rings. The number of hydrogen-bond acceptors (Lipinski definition) is 5. The van der Waals surface area contributed by atoms with Gasteiger partial charge in [-0.15, -0.1) is 0 Å². The Morgan fingerprint density at radius 3 is 2.38 bits per heavy atom. The highest BCUT2D eigenvalue weighted by atomic mass is 16.7. The maximum atomic E-state index is 9.82. The van der Waals surface area contributed by atoms with Gasteiger partial charge in [-0.25, -0.2) is 0 Å². The minimum Gasteiger partial charge on any atom is -0.434 e. The number of rotatable bonds is 4. The molecule has 6 heteroatoms. The van der Waals surface area contributed by atoms with Crippen LogP contribution in [0.25, 0.3) is 0 Å². The molecule has 0 saturated carbocycles. The Balaban J connectivity index is 2.56. The summed E-state index contributed by atoms with van der Waals surface area (Å²) in [5.41, 5.74) is 0. The average Bonchev–Trinajstić information content (AvgIpc) is 2.25. The van der Waals surface area contributed by atoms with Crippen LogP contribution in [0, 0.1) is 5.92 Å². The van der Waals surface area contributed by atoms with Crippen molar-refractivity contribution in [1.82, 2.24) is 0 Å². The predicted octanol–water partition coefficient (Wildman–Crippen LogP) is -0.0167. The maximum Gasteiger partial charge on any atom is 0.286 e. The summed E-state index contributed by atoms with van der Waals surface area (Å²) in [6.07, 6.45) is -2.90. The van der Waals surface area contributed by atoms with E-state index in [0.717, 1.165) is 0 Å². The molecule has 1 heterocycles. The molecular formula is C10H21BO5. The van der Waals surface area contributed by atoms with E-state index >= 15 is 0 Å². The van der Waals surface area contributed by atoms with E-state index in [1.807, 2.05) is 20.6 Å². The van der Waals surface area contributed by atoms with E-state index in [9.17, 15) is 10.2 Å². The molecule has 5 nitrogen and oxygen atoms in total. The predicted molar refractivity (Wildman–Crippen MR) is 60.3 cm³/mol. The molecule has 1 saturated heterocycles. The van der Waals surface area contributed by atoms with Gasteiger partial charge in [0, 0.05) is 13.0 Å². The molecule has 0 amide bonds. The Hall–Kier alpha value is -0.135. The second-order valence-corrected chi connectivity index (χ2v) is 4.50. The fraction of sp³-hybridized carbons (Fsp3) is 1.00. The summed E-state index contributed by atoms with van der Waals surface area (Å²) in [6.45, 7) is 6.20. The minimum atomic E-state index is -1.00. The molecule has 2 N–H and O–H groups in total. The van der Waals surface area contributed by atoms with Crippen LogP contribution in [0.1, 0.15) is 6.92 Å². The first-order chi connectivity index (χ1) is 7.47. The Bertz CT molecular complexity index is 211. The van der Waals surface area contributed by atoms with Gasteiger partial charge in [0.05, 0.1) is 18.8 Å². The highest BCUT2D eigenvalue weighted by Crippen LogP contribution is 2.26. The minimum absolute atomic E-state index is 0.112. The highest BCUT2D eigenvalue weighted by Gasteiger charge is 2.42. The molecule has 1 rings (SSSR count). The molecular weight excluding hydrogens is 211 g/mol. The lowest BCUT2D eigenvalue weighted by molar-refractivity contribution is -0.279. The Morgan fingerprint density at radius 1 is 1.25 bits per heavy atom. The molecule has 0 radical (unpaired) electrons. The van der Waals surface area contributed by atoms with Gasteiger partial charge in [0.2, 0.25) is 0 Å². The number of hydrogen-bond donors (Lipinski definition) is 2. The lowest BCUT2D eigenvalue weighted by Gasteiger charge is -2.40. The SMILES string of the molecule is COC1OC(COB(C)C)[C@H](C)[C@@H](O)[C@@H]1O. The van der Waals surface area contributed by atoms with Gasteiger partial charge in [0.1, 0.15) is 6.10 Å². The largest absolute Gasteiger partial charge is 0.434 e. The van der Waals surface area contributed by atoms with Gasteiger partial charge >= 0.3 is 0 Å². The van der Waals surface area contributed by atoms with E-state index in [4.69, 9.17) is 14.1 Å². The lowest BCUT2D eigenvalue weighted by atomic mass is 9.75. The van der Waals surface area contributed by atoms with E-state index in [1.54, 1.807) is 0 Å². The highest BCUT2D eigenvalue weighted by molar-refractivity contribution is 6.48. The van der Waals surface area contributed by atoms with Crippen LogP contribution in [0.2, 0.25) is 13.6 Å². The molecule has 0 aliphatic carbocycles. The van der Waals surface area contributed by atoms with Gasteiger partial charge in [-0.05, 0) is 0 Å². The Morgan fingerprint density at radius 2 is 1.88 bits per heavy atom. The molecule has 5 atom stereocenters. The number of aliphatic hydroxyl groups excluding tert-OH is 2. The van der Waals surface area contributed by atoms with E-state index in [1.165, 1.54) is 7.11 Å². The van der Waals surface area contributed by atoms with Crippen LogP contribution in [0.15, 0.2) is 0 Å². The molecule has 1 aliphatic heterocycles. The standard InChI is InChI=1S/C10H21BO5/c1-6-7(5-15-11(2)3)16-10(14-4)9(13)8(6)12/h6-10,12-13H,5H2,1-4H3/t6-,7?,8+,9-,10?/m0/s1. The fourth-order valence-corrected chi connectivity index (χ4v) is 1.74. The summed E-state index contributed by atoms with van der Waals surface area (Å²) < 4.78 is 15.9. The second-order valence-electron chi connectivity index (χ2n) is 4.50.